The maximum absolute atomic E-state index is 11.6. The van der Waals surface area contributed by atoms with Crippen molar-refractivity contribution in [1.29, 1.82) is 0 Å². The van der Waals surface area contributed by atoms with Crippen molar-refractivity contribution in [2.24, 2.45) is 24.8 Å². The molecule has 0 radical (unpaired) electrons. The van der Waals surface area contributed by atoms with Gasteiger partial charge in [-0.3, -0.25) is 4.79 Å². The summed E-state index contributed by atoms with van der Waals surface area (Å²) in [5.41, 5.74) is 2.71. The van der Waals surface area contributed by atoms with E-state index in [1.54, 1.807) is 24.0 Å². The fraction of sp³-hybridized carbons (Fsp3) is 0.556. The van der Waals surface area contributed by atoms with E-state index in [4.69, 9.17) is 23.9 Å². The lowest BCUT2D eigenvalue weighted by Gasteiger charge is -2.18. The Labute approximate surface area is 225 Å². The lowest BCUT2D eigenvalue weighted by Crippen LogP contribution is -2.21. The molecule has 12 heteroatoms. The highest BCUT2D eigenvalue weighted by atomic mass is 16.6. The molecule has 1 saturated heterocycles. The van der Waals surface area contributed by atoms with Crippen LogP contribution in [0.4, 0.5) is 0 Å². The molecule has 12 nitrogen and oxygen atoms in total. The number of aliphatic carboxylic acids is 1. The smallest absolute Gasteiger partial charge is 0.320 e. The van der Waals surface area contributed by atoms with Crippen LogP contribution in [-0.4, -0.2) is 66.4 Å². The molecule has 6 rings (SSSR count). The number of carbonyl (C=O) groups is 1. The van der Waals surface area contributed by atoms with E-state index in [1.807, 2.05) is 19.1 Å². The first-order valence-electron chi connectivity index (χ1n) is 13.4. The van der Waals surface area contributed by atoms with Crippen LogP contribution in [0.5, 0.6) is 17.6 Å². The third-order valence-electron chi connectivity index (χ3n) is 8.03. The largest absolute Gasteiger partial charge is 0.489 e. The van der Waals surface area contributed by atoms with Gasteiger partial charge in [0.05, 0.1) is 36.6 Å². The van der Waals surface area contributed by atoms with E-state index in [9.17, 15) is 9.90 Å². The molecule has 3 aromatic rings. The van der Waals surface area contributed by atoms with Gasteiger partial charge in [-0.15, -0.1) is 5.10 Å². The summed E-state index contributed by atoms with van der Waals surface area (Å²) in [6.45, 7) is 3.28. The fourth-order valence-electron chi connectivity index (χ4n) is 6.03. The van der Waals surface area contributed by atoms with Crippen LogP contribution in [0.1, 0.15) is 43.5 Å². The molecule has 0 spiro atoms. The number of hydrogen-bond acceptors (Lipinski definition) is 10. The fourth-order valence-corrected chi connectivity index (χ4v) is 6.03. The molecule has 3 fully saturated rings. The summed E-state index contributed by atoms with van der Waals surface area (Å²) in [6, 6.07) is 5.65. The zero-order valence-corrected chi connectivity index (χ0v) is 22.0. The van der Waals surface area contributed by atoms with Gasteiger partial charge < -0.3 is 24.1 Å². The van der Waals surface area contributed by atoms with Crippen molar-refractivity contribution in [3.05, 3.63) is 35.8 Å². The Morgan fingerprint density at radius 1 is 1.13 bits per heavy atom. The van der Waals surface area contributed by atoms with Crippen molar-refractivity contribution >= 4 is 5.97 Å². The Balaban J connectivity index is 1.11. The normalized spacial score (nSPS) is 25.9. The Kier molecular flexibility index (Phi) is 7.03. The maximum Gasteiger partial charge on any atom is 0.320 e. The lowest BCUT2D eigenvalue weighted by molar-refractivity contribution is -0.143. The summed E-state index contributed by atoms with van der Waals surface area (Å²) in [7, 11) is 1.79. The number of aromatic nitrogens is 6. The average Bonchev–Trinajstić information content (AvgIpc) is 3.70. The molecule has 2 aliphatic carbocycles. The van der Waals surface area contributed by atoms with Crippen LogP contribution in [0.15, 0.2) is 24.4 Å². The van der Waals surface area contributed by atoms with Crippen LogP contribution in [0.3, 0.4) is 0 Å². The van der Waals surface area contributed by atoms with E-state index in [0.29, 0.717) is 42.1 Å². The molecule has 1 aliphatic heterocycles. The molecule has 2 saturated carbocycles. The highest BCUT2D eigenvalue weighted by molar-refractivity contribution is 5.71. The summed E-state index contributed by atoms with van der Waals surface area (Å²) in [4.78, 5) is 24.9. The van der Waals surface area contributed by atoms with Crippen molar-refractivity contribution in [3.63, 3.8) is 0 Å². The van der Waals surface area contributed by atoms with Gasteiger partial charge in [0.15, 0.2) is 0 Å². The molecule has 3 aromatic heterocycles. The van der Waals surface area contributed by atoms with Crippen LogP contribution in [0, 0.1) is 24.7 Å². The Morgan fingerprint density at radius 3 is 2.82 bits per heavy atom. The second kappa shape index (κ2) is 10.8. The zero-order valence-electron chi connectivity index (χ0n) is 22.0. The van der Waals surface area contributed by atoms with Gasteiger partial charge >= 0.3 is 12.0 Å². The second-order valence-corrected chi connectivity index (χ2v) is 10.5. The van der Waals surface area contributed by atoms with Crippen LogP contribution < -0.4 is 14.2 Å². The van der Waals surface area contributed by atoms with Crippen LogP contribution in [0.2, 0.25) is 0 Å². The van der Waals surface area contributed by atoms with E-state index in [-0.39, 0.29) is 36.7 Å². The van der Waals surface area contributed by atoms with Crippen molar-refractivity contribution in [2.45, 2.75) is 57.8 Å². The van der Waals surface area contributed by atoms with Gasteiger partial charge in [-0.2, -0.15) is 4.98 Å². The molecule has 0 bridgehead atoms. The maximum atomic E-state index is 11.6. The van der Waals surface area contributed by atoms with Gasteiger partial charge in [0.2, 0.25) is 5.88 Å². The minimum Gasteiger partial charge on any atom is -0.489 e. The van der Waals surface area contributed by atoms with E-state index in [2.05, 4.69) is 20.3 Å². The quantitative estimate of drug-likeness (QED) is 0.431. The van der Waals surface area contributed by atoms with Crippen molar-refractivity contribution in [2.75, 3.05) is 13.2 Å². The summed E-state index contributed by atoms with van der Waals surface area (Å²) < 4.78 is 25.0. The molecule has 206 valence electrons. The first kappa shape index (κ1) is 25.5. The molecule has 4 heterocycles. The zero-order chi connectivity index (χ0) is 26.9. The third kappa shape index (κ3) is 5.38. The number of pyridine rings is 1. The predicted molar refractivity (Wildman–Crippen MR) is 136 cm³/mol. The molecule has 1 N–H and O–H groups in total. The second-order valence-electron chi connectivity index (χ2n) is 10.5. The lowest BCUT2D eigenvalue weighted by atomic mass is 9.92. The number of aryl methyl sites for hydroxylation is 2. The SMILES string of the molecule is Cc1nc(-c2nnn(C)c2COc2nccc(O[C@H]3CCOC3)n2)ccc1O[C@H]1C[C@@H]2CC[C@@H](C(=O)O)[C@@H]2C1. The number of nitrogens with zero attached hydrogens (tertiary/aromatic N) is 6. The molecule has 0 unspecified atom stereocenters. The van der Waals surface area contributed by atoms with Crippen LogP contribution in [0.25, 0.3) is 11.4 Å². The van der Waals surface area contributed by atoms with Gasteiger partial charge in [0.1, 0.15) is 29.8 Å². The summed E-state index contributed by atoms with van der Waals surface area (Å²) in [5, 5.41) is 18.0. The van der Waals surface area contributed by atoms with E-state index >= 15 is 0 Å². The standard InChI is InChI=1S/C27H32N6O6/c1-15-23(38-18-11-16-3-4-19(26(34)35)20(16)12-18)6-5-21(29-15)25-22(33(2)32-31-25)14-37-27-28-9-7-24(30-27)39-17-8-10-36-13-17/h5-7,9,16-20H,3-4,8,10-14H2,1-2H3,(H,34,35)/t16-,17-,18-,19+,20+/m0/s1. The number of fused-ring (bicyclic) bond motifs is 1. The van der Waals surface area contributed by atoms with E-state index in [0.717, 1.165) is 43.5 Å². The van der Waals surface area contributed by atoms with Crippen LogP contribution in [-0.2, 0) is 23.2 Å². The molecule has 0 aromatic carbocycles. The summed E-state index contributed by atoms with van der Waals surface area (Å²) in [6.07, 6.45) is 5.82. The molecule has 39 heavy (non-hydrogen) atoms. The number of rotatable bonds is 9. The summed E-state index contributed by atoms with van der Waals surface area (Å²) >= 11 is 0. The Morgan fingerprint density at radius 2 is 2.03 bits per heavy atom. The van der Waals surface area contributed by atoms with Gasteiger partial charge in [0, 0.05) is 25.7 Å². The molecular formula is C27H32N6O6. The van der Waals surface area contributed by atoms with Crippen molar-refractivity contribution in [3.8, 4) is 29.0 Å². The van der Waals surface area contributed by atoms with Crippen molar-refractivity contribution < 1.29 is 28.8 Å². The number of hydrogen-bond donors (Lipinski definition) is 1. The molecule has 5 atom stereocenters. The third-order valence-corrected chi connectivity index (χ3v) is 8.03. The number of carboxylic acid groups (broad SMARTS) is 1. The summed E-state index contributed by atoms with van der Waals surface area (Å²) in [5.74, 6) is 0.853. The van der Waals surface area contributed by atoms with Crippen LogP contribution >= 0.6 is 0 Å². The van der Waals surface area contributed by atoms with Gasteiger partial charge in [-0.1, -0.05) is 5.21 Å². The van der Waals surface area contributed by atoms with E-state index < -0.39 is 5.97 Å². The average molecular weight is 537 g/mol. The molecular weight excluding hydrogens is 504 g/mol. The molecule has 0 amide bonds. The van der Waals surface area contributed by atoms with Gasteiger partial charge in [-0.05, 0) is 56.6 Å². The van der Waals surface area contributed by atoms with E-state index in [1.165, 1.54) is 0 Å². The monoisotopic (exact) mass is 536 g/mol. The minimum atomic E-state index is -0.680. The highest BCUT2D eigenvalue weighted by Crippen LogP contribution is 2.48. The predicted octanol–water partition coefficient (Wildman–Crippen LogP) is 2.99. The topological polar surface area (TPSA) is 144 Å². The van der Waals surface area contributed by atoms with Gasteiger partial charge in [0.25, 0.3) is 0 Å². The first-order chi connectivity index (χ1) is 18.9. The minimum absolute atomic E-state index is 0.00918. The highest BCUT2D eigenvalue weighted by Gasteiger charge is 2.47. The molecule has 3 aliphatic rings. The van der Waals surface area contributed by atoms with Gasteiger partial charge in [-0.25, -0.2) is 14.6 Å². The number of ether oxygens (including phenoxy) is 4. The number of carboxylic acids is 1. The Bertz CT molecular complexity index is 1340. The Hall–Kier alpha value is -3.80. The first-order valence-corrected chi connectivity index (χ1v) is 13.4. The van der Waals surface area contributed by atoms with Crippen molar-refractivity contribution in [1.82, 2.24) is 29.9 Å².